The third-order valence-corrected chi connectivity index (χ3v) is 5.71. The molecule has 3 rings (SSSR count). The fraction of sp³-hybridized carbons (Fsp3) is 0.778. The number of amides is 1. The van der Waals surface area contributed by atoms with Crippen LogP contribution >= 0.6 is 0 Å². The average Bonchev–Trinajstić information content (AvgIpc) is 3.04. The van der Waals surface area contributed by atoms with Gasteiger partial charge in [0.2, 0.25) is 5.91 Å². The van der Waals surface area contributed by atoms with E-state index in [-0.39, 0.29) is 23.8 Å². The van der Waals surface area contributed by atoms with Gasteiger partial charge in [0.1, 0.15) is 0 Å². The van der Waals surface area contributed by atoms with Gasteiger partial charge in [-0.1, -0.05) is 13.8 Å². The summed E-state index contributed by atoms with van der Waals surface area (Å²) in [5.41, 5.74) is 0.935. The van der Waals surface area contributed by atoms with E-state index >= 15 is 0 Å². The largest absolute Gasteiger partial charge is 0.391 e. The molecule has 134 valence electrons. The number of aliphatic hydroxyl groups excluding tert-OH is 1. The summed E-state index contributed by atoms with van der Waals surface area (Å²) in [7, 11) is 2.15. The second-order valence-corrected chi connectivity index (χ2v) is 7.96. The highest BCUT2D eigenvalue weighted by molar-refractivity contribution is 5.78. The predicted molar refractivity (Wildman–Crippen MR) is 92.5 cm³/mol. The molecule has 1 amide bonds. The predicted octanol–water partition coefficient (Wildman–Crippen LogP) is 1.04. The van der Waals surface area contributed by atoms with E-state index in [0.29, 0.717) is 12.0 Å². The van der Waals surface area contributed by atoms with E-state index in [1.165, 1.54) is 0 Å². The third-order valence-electron chi connectivity index (χ3n) is 5.71. The Labute approximate surface area is 144 Å². The first-order valence-electron chi connectivity index (χ1n) is 9.04. The number of carbonyl (C=O) groups excluding carboxylic acids is 1. The summed E-state index contributed by atoms with van der Waals surface area (Å²) in [6.07, 6.45) is 3.37. The molecule has 2 N–H and O–H groups in total. The van der Waals surface area contributed by atoms with Crippen LogP contribution in [0.3, 0.4) is 0 Å². The van der Waals surface area contributed by atoms with Gasteiger partial charge in [-0.2, -0.15) is 5.10 Å². The van der Waals surface area contributed by atoms with Gasteiger partial charge in [-0.15, -0.1) is 0 Å². The van der Waals surface area contributed by atoms with E-state index in [9.17, 15) is 9.90 Å². The van der Waals surface area contributed by atoms with Crippen LogP contribution < -0.4 is 5.32 Å². The molecular formula is C18H30N4O2. The fourth-order valence-electron chi connectivity index (χ4n) is 5.09. The minimum absolute atomic E-state index is 0.0498. The molecule has 4 atom stereocenters. The van der Waals surface area contributed by atoms with Crippen LogP contribution in [0.15, 0.2) is 12.3 Å². The van der Waals surface area contributed by atoms with Crippen molar-refractivity contribution in [3.63, 3.8) is 0 Å². The molecule has 0 aromatic carbocycles. The van der Waals surface area contributed by atoms with E-state index in [2.05, 4.69) is 36.2 Å². The standard InChI is InChI=1S/C18H30N4O2/c1-5-22-7-6-13(20-22)8-16(24)19-14-9-18(10-15(14)23)11-21(4)17(18)12(2)3/h6-7,12,14-15,17,23H,5,8-11H2,1-4H3,(H,19,24)/t14-,15-,17?,18?/m1/s1. The van der Waals surface area contributed by atoms with E-state index in [1.807, 2.05) is 23.9 Å². The van der Waals surface area contributed by atoms with Crippen LogP contribution in [-0.4, -0.2) is 57.5 Å². The van der Waals surface area contributed by atoms with Crippen molar-refractivity contribution in [2.45, 2.75) is 64.8 Å². The lowest BCUT2D eigenvalue weighted by Crippen LogP contribution is -2.64. The van der Waals surface area contributed by atoms with E-state index in [4.69, 9.17) is 0 Å². The van der Waals surface area contributed by atoms with Crippen LogP contribution in [0.25, 0.3) is 0 Å². The molecule has 2 unspecified atom stereocenters. The second-order valence-electron chi connectivity index (χ2n) is 7.96. The summed E-state index contributed by atoms with van der Waals surface area (Å²) in [4.78, 5) is 14.7. The topological polar surface area (TPSA) is 70.4 Å². The first kappa shape index (κ1) is 17.4. The quantitative estimate of drug-likeness (QED) is 0.844. The molecule has 1 saturated heterocycles. The highest BCUT2D eigenvalue weighted by atomic mass is 16.3. The second kappa shape index (κ2) is 6.48. The molecule has 6 nitrogen and oxygen atoms in total. The van der Waals surface area contributed by atoms with Gasteiger partial charge in [0.15, 0.2) is 0 Å². The maximum Gasteiger partial charge on any atom is 0.226 e. The molecule has 2 fully saturated rings. The Morgan fingerprint density at radius 2 is 2.25 bits per heavy atom. The summed E-state index contributed by atoms with van der Waals surface area (Å²) in [6, 6.07) is 2.24. The molecule has 2 heterocycles. The van der Waals surface area contributed by atoms with Crippen molar-refractivity contribution < 1.29 is 9.90 Å². The Balaban J connectivity index is 1.59. The van der Waals surface area contributed by atoms with Gasteiger partial charge in [0.05, 0.1) is 24.3 Å². The van der Waals surface area contributed by atoms with Crippen LogP contribution in [0, 0.1) is 11.3 Å². The summed E-state index contributed by atoms with van der Waals surface area (Å²) >= 11 is 0. The van der Waals surface area contributed by atoms with Crippen molar-refractivity contribution in [2.24, 2.45) is 11.3 Å². The average molecular weight is 334 g/mol. The number of likely N-dealkylation sites (tertiary alicyclic amines) is 1. The van der Waals surface area contributed by atoms with E-state index < -0.39 is 6.10 Å². The van der Waals surface area contributed by atoms with Gasteiger partial charge in [0, 0.05) is 30.7 Å². The summed E-state index contributed by atoms with van der Waals surface area (Å²) in [6.45, 7) is 8.32. The Bertz CT molecular complexity index is 595. The van der Waals surface area contributed by atoms with Gasteiger partial charge >= 0.3 is 0 Å². The van der Waals surface area contributed by atoms with E-state index in [1.54, 1.807) is 0 Å². The lowest BCUT2D eigenvalue weighted by molar-refractivity contribution is -0.122. The monoisotopic (exact) mass is 334 g/mol. The highest BCUT2D eigenvalue weighted by Crippen LogP contribution is 2.52. The van der Waals surface area contributed by atoms with Crippen LogP contribution in [0.2, 0.25) is 0 Å². The first-order chi connectivity index (χ1) is 11.3. The minimum atomic E-state index is -0.447. The van der Waals surface area contributed by atoms with Gasteiger partial charge in [-0.25, -0.2) is 0 Å². The maximum atomic E-state index is 12.3. The van der Waals surface area contributed by atoms with E-state index in [0.717, 1.165) is 31.6 Å². The van der Waals surface area contributed by atoms with Gasteiger partial charge in [0.25, 0.3) is 0 Å². The number of rotatable bonds is 5. The molecule has 1 saturated carbocycles. The maximum absolute atomic E-state index is 12.3. The molecule has 1 aromatic rings. The number of nitrogens with one attached hydrogen (secondary N) is 1. The highest BCUT2D eigenvalue weighted by Gasteiger charge is 2.58. The zero-order valence-electron chi connectivity index (χ0n) is 15.2. The van der Waals surface area contributed by atoms with Crippen LogP contribution in [0.4, 0.5) is 0 Å². The van der Waals surface area contributed by atoms with Crippen molar-refractivity contribution in [1.29, 1.82) is 0 Å². The molecule has 0 radical (unpaired) electrons. The number of aliphatic hydroxyl groups is 1. The Morgan fingerprint density at radius 3 is 2.83 bits per heavy atom. The number of aryl methyl sites for hydroxylation is 1. The van der Waals surface area contributed by atoms with Gasteiger partial charge in [-0.3, -0.25) is 9.48 Å². The molecule has 0 bridgehead atoms. The first-order valence-corrected chi connectivity index (χ1v) is 9.04. The zero-order chi connectivity index (χ0) is 17.5. The number of aromatic nitrogens is 2. The SMILES string of the molecule is CCn1ccc(CC(=O)N[C@@H]2CC3(C[C@H]2O)CN(C)C3C(C)C)n1. The van der Waals surface area contributed by atoms with Crippen LogP contribution in [0.5, 0.6) is 0 Å². The molecule has 1 aromatic heterocycles. The van der Waals surface area contributed by atoms with Crippen LogP contribution in [0.1, 0.15) is 39.3 Å². The molecule has 24 heavy (non-hydrogen) atoms. The molecule has 1 aliphatic heterocycles. The molecular weight excluding hydrogens is 304 g/mol. The van der Waals surface area contributed by atoms with Crippen molar-refractivity contribution >= 4 is 5.91 Å². The van der Waals surface area contributed by atoms with Crippen molar-refractivity contribution in [3.8, 4) is 0 Å². The van der Waals surface area contributed by atoms with Crippen molar-refractivity contribution in [1.82, 2.24) is 20.0 Å². The Hall–Kier alpha value is -1.40. The molecule has 2 aliphatic rings. The molecule has 6 heteroatoms. The summed E-state index contributed by atoms with van der Waals surface area (Å²) < 4.78 is 1.82. The molecule has 1 spiro atoms. The lowest BCUT2D eigenvalue weighted by Gasteiger charge is -2.57. The lowest BCUT2D eigenvalue weighted by atomic mass is 9.66. The number of nitrogens with zero attached hydrogens (tertiary/aromatic N) is 3. The third kappa shape index (κ3) is 3.09. The van der Waals surface area contributed by atoms with Crippen LogP contribution in [-0.2, 0) is 17.8 Å². The van der Waals surface area contributed by atoms with Gasteiger partial charge < -0.3 is 15.3 Å². The summed E-state index contributed by atoms with van der Waals surface area (Å²) in [5.74, 6) is 0.509. The van der Waals surface area contributed by atoms with Crippen molar-refractivity contribution in [3.05, 3.63) is 18.0 Å². The summed E-state index contributed by atoms with van der Waals surface area (Å²) in [5, 5.41) is 17.9. The Morgan fingerprint density at radius 1 is 1.50 bits per heavy atom. The number of hydrogen-bond acceptors (Lipinski definition) is 4. The normalized spacial score (nSPS) is 33.2. The zero-order valence-corrected chi connectivity index (χ0v) is 15.2. The van der Waals surface area contributed by atoms with Crippen molar-refractivity contribution in [2.75, 3.05) is 13.6 Å². The Kier molecular flexibility index (Phi) is 4.71. The van der Waals surface area contributed by atoms with Gasteiger partial charge in [-0.05, 0) is 38.8 Å². The smallest absolute Gasteiger partial charge is 0.226 e. The number of carbonyl (C=O) groups is 1. The molecule has 1 aliphatic carbocycles. The number of hydrogen-bond donors (Lipinski definition) is 2. The minimum Gasteiger partial charge on any atom is -0.391 e. The fourth-order valence-corrected chi connectivity index (χ4v) is 5.09.